The summed E-state index contributed by atoms with van der Waals surface area (Å²) < 4.78 is 0. The van der Waals surface area contributed by atoms with Gasteiger partial charge < -0.3 is 5.32 Å². The van der Waals surface area contributed by atoms with E-state index in [1.165, 1.54) is 10.4 Å². The molecule has 0 spiro atoms. The maximum absolute atomic E-state index is 4.28. The predicted molar refractivity (Wildman–Crippen MR) is 71.1 cm³/mol. The lowest BCUT2D eigenvalue weighted by molar-refractivity contribution is 0.497. The van der Waals surface area contributed by atoms with E-state index in [2.05, 4.69) is 42.1 Å². The van der Waals surface area contributed by atoms with Gasteiger partial charge in [0.1, 0.15) is 0 Å². The lowest BCUT2D eigenvalue weighted by atomic mass is 10.1. The van der Waals surface area contributed by atoms with Crippen molar-refractivity contribution in [2.24, 2.45) is 0 Å². The molecule has 3 nitrogen and oxygen atoms in total. The third-order valence-electron chi connectivity index (χ3n) is 2.86. The van der Waals surface area contributed by atoms with Gasteiger partial charge in [-0.3, -0.25) is 4.98 Å². The molecule has 4 heteroatoms. The van der Waals surface area contributed by atoms with Crippen molar-refractivity contribution in [2.75, 3.05) is 0 Å². The van der Waals surface area contributed by atoms with E-state index in [4.69, 9.17) is 0 Å². The van der Waals surface area contributed by atoms with Crippen LogP contribution in [0.5, 0.6) is 0 Å². The third-order valence-corrected chi connectivity index (χ3v) is 3.97. The van der Waals surface area contributed by atoms with Gasteiger partial charge in [0.25, 0.3) is 0 Å². The fourth-order valence-electron chi connectivity index (χ4n) is 1.91. The van der Waals surface area contributed by atoms with E-state index in [0.717, 1.165) is 5.69 Å². The van der Waals surface area contributed by atoms with Gasteiger partial charge in [-0.1, -0.05) is 6.07 Å². The van der Waals surface area contributed by atoms with Crippen LogP contribution in [0.2, 0.25) is 0 Å². The minimum Gasteiger partial charge on any atom is -0.303 e. The van der Waals surface area contributed by atoms with Crippen molar-refractivity contribution in [3.05, 3.63) is 46.2 Å². The number of thiazole rings is 1. The number of aryl methyl sites for hydroxylation is 1. The molecule has 0 radical (unpaired) electrons. The van der Waals surface area contributed by atoms with Crippen LogP contribution in [0.25, 0.3) is 0 Å². The Kier molecular flexibility index (Phi) is 3.86. The molecule has 2 unspecified atom stereocenters. The second kappa shape index (κ2) is 5.38. The van der Waals surface area contributed by atoms with E-state index in [1.54, 1.807) is 17.5 Å². The fourth-order valence-corrected chi connectivity index (χ4v) is 2.73. The molecule has 0 saturated carbocycles. The molecule has 0 fully saturated rings. The van der Waals surface area contributed by atoms with Gasteiger partial charge in [-0.2, -0.15) is 0 Å². The molecule has 0 amide bonds. The first kappa shape index (κ1) is 12.2. The maximum Gasteiger partial charge on any atom is 0.0798 e. The average molecular weight is 247 g/mol. The summed E-state index contributed by atoms with van der Waals surface area (Å²) in [5.74, 6) is 0. The number of aromatic nitrogens is 2. The van der Waals surface area contributed by atoms with Crippen LogP contribution >= 0.6 is 11.3 Å². The highest BCUT2D eigenvalue weighted by Crippen LogP contribution is 2.24. The summed E-state index contributed by atoms with van der Waals surface area (Å²) in [7, 11) is 0. The van der Waals surface area contributed by atoms with Gasteiger partial charge in [-0.15, -0.1) is 11.3 Å². The van der Waals surface area contributed by atoms with Crippen molar-refractivity contribution in [1.82, 2.24) is 15.3 Å². The molecule has 0 aliphatic carbocycles. The Hall–Kier alpha value is -1.26. The number of nitrogens with zero attached hydrogens (tertiary/aromatic N) is 2. The highest BCUT2D eigenvalue weighted by atomic mass is 32.1. The second-order valence-corrected chi connectivity index (χ2v) is 5.08. The van der Waals surface area contributed by atoms with E-state index >= 15 is 0 Å². The SMILES string of the molecule is Cc1ncsc1C(C)NC(C)c1cccnc1. The summed E-state index contributed by atoms with van der Waals surface area (Å²) in [6, 6.07) is 4.67. The van der Waals surface area contributed by atoms with Gasteiger partial charge in [-0.05, 0) is 32.4 Å². The molecular weight excluding hydrogens is 230 g/mol. The van der Waals surface area contributed by atoms with Gasteiger partial charge in [0, 0.05) is 29.4 Å². The summed E-state index contributed by atoms with van der Waals surface area (Å²) in [6.07, 6.45) is 3.71. The molecular formula is C13H17N3S. The monoisotopic (exact) mass is 247 g/mol. The van der Waals surface area contributed by atoms with Gasteiger partial charge in [0.05, 0.1) is 11.2 Å². The highest BCUT2D eigenvalue weighted by Gasteiger charge is 2.14. The molecule has 0 aliphatic heterocycles. The second-order valence-electron chi connectivity index (χ2n) is 4.20. The van der Waals surface area contributed by atoms with Crippen molar-refractivity contribution >= 4 is 11.3 Å². The first-order chi connectivity index (χ1) is 8.18. The number of nitrogens with one attached hydrogen (secondary N) is 1. The van der Waals surface area contributed by atoms with Crippen LogP contribution in [0.4, 0.5) is 0 Å². The van der Waals surface area contributed by atoms with E-state index in [-0.39, 0.29) is 0 Å². The smallest absolute Gasteiger partial charge is 0.0798 e. The Morgan fingerprint density at radius 1 is 1.29 bits per heavy atom. The summed E-state index contributed by atoms with van der Waals surface area (Å²) in [6.45, 7) is 6.38. The van der Waals surface area contributed by atoms with Gasteiger partial charge in [0.15, 0.2) is 0 Å². The molecule has 17 heavy (non-hydrogen) atoms. The lowest BCUT2D eigenvalue weighted by Crippen LogP contribution is -2.22. The van der Waals surface area contributed by atoms with E-state index in [1.807, 2.05) is 17.8 Å². The minimum absolute atomic E-state index is 0.292. The van der Waals surface area contributed by atoms with Crippen molar-refractivity contribution in [1.29, 1.82) is 0 Å². The van der Waals surface area contributed by atoms with Crippen LogP contribution in [0, 0.1) is 6.92 Å². The zero-order chi connectivity index (χ0) is 12.3. The largest absolute Gasteiger partial charge is 0.303 e. The van der Waals surface area contributed by atoms with Crippen LogP contribution in [-0.4, -0.2) is 9.97 Å². The van der Waals surface area contributed by atoms with Crippen LogP contribution < -0.4 is 5.32 Å². The molecule has 0 bridgehead atoms. The van der Waals surface area contributed by atoms with E-state index in [0.29, 0.717) is 12.1 Å². The van der Waals surface area contributed by atoms with E-state index in [9.17, 15) is 0 Å². The van der Waals surface area contributed by atoms with Gasteiger partial charge in [0.2, 0.25) is 0 Å². The number of hydrogen-bond donors (Lipinski definition) is 1. The van der Waals surface area contributed by atoms with Crippen molar-refractivity contribution < 1.29 is 0 Å². The molecule has 2 rings (SSSR count). The molecule has 2 aromatic heterocycles. The summed E-state index contributed by atoms with van der Waals surface area (Å²) in [4.78, 5) is 9.73. The van der Waals surface area contributed by atoms with Gasteiger partial charge >= 0.3 is 0 Å². The normalized spacial score (nSPS) is 14.5. The molecule has 1 N–H and O–H groups in total. The van der Waals surface area contributed by atoms with Crippen LogP contribution in [0.15, 0.2) is 30.0 Å². The minimum atomic E-state index is 0.292. The summed E-state index contributed by atoms with van der Waals surface area (Å²) >= 11 is 1.71. The Morgan fingerprint density at radius 3 is 2.71 bits per heavy atom. The number of pyridine rings is 1. The highest BCUT2D eigenvalue weighted by molar-refractivity contribution is 7.09. The first-order valence-corrected chi connectivity index (χ1v) is 6.62. The molecule has 0 aromatic carbocycles. The standard InChI is InChI=1S/C13H17N3S/c1-9(12-5-4-6-14-7-12)16-11(3)13-10(2)15-8-17-13/h4-9,11,16H,1-3H3. The van der Waals surface area contributed by atoms with Crippen molar-refractivity contribution in [3.63, 3.8) is 0 Å². The average Bonchev–Trinajstić information content (AvgIpc) is 2.76. The molecule has 0 saturated heterocycles. The third kappa shape index (κ3) is 2.90. The fraction of sp³-hybridized carbons (Fsp3) is 0.385. The Labute approximate surface area is 106 Å². The zero-order valence-corrected chi connectivity index (χ0v) is 11.2. The Balaban J connectivity index is 2.05. The predicted octanol–water partition coefficient (Wildman–Crippen LogP) is 3.26. The van der Waals surface area contributed by atoms with Crippen LogP contribution in [-0.2, 0) is 0 Å². The zero-order valence-electron chi connectivity index (χ0n) is 10.3. The molecule has 2 aromatic rings. The van der Waals surface area contributed by atoms with Crippen molar-refractivity contribution in [2.45, 2.75) is 32.9 Å². The van der Waals surface area contributed by atoms with Crippen LogP contribution in [0.1, 0.15) is 42.1 Å². The molecule has 0 aliphatic rings. The van der Waals surface area contributed by atoms with E-state index < -0.39 is 0 Å². The lowest BCUT2D eigenvalue weighted by Gasteiger charge is -2.19. The summed E-state index contributed by atoms with van der Waals surface area (Å²) in [5, 5.41) is 3.57. The Bertz CT molecular complexity index is 467. The topological polar surface area (TPSA) is 37.8 Å². The maximum atomic E-state index is 4.28. The Morgan fingerprint density at radius 2 is 2.12 bits per heavy atom. The quantitative estimate of drug-likeness (QED) is 0.901. The number of hydrogen-bond acceptors (Lipinski definition) is 4. The number of rotatable bonds is 4. The van der Waals surface area contributed by atoms with Crippen LogP contribution in [0.3, 0.4) is 0 Å². The molecule has 2 atom stereocenters. The van der Waals surface area contributed by atoms with Gasteiger partial charge in [-0.25, -0.2) is 4.98 Å². The molecule has 2 heterocycles. The first-order valence-electron chi connectivity index (χ1n) is 5.74. The summed E-state index contributed by atoms with van der Waals surface area (Å²) in [5.41, 5.74) is 4.23. The van der Waals surface area contributed by atoms with Crippen molar-refractivity contribution in [3.8, 4) is 0 Å². The molecule has 90 valence electrons.